The van der Waals surface area contributed by atoms with E-state index in [0.717, 1.165) is 6.42 Å². The monoisotopic (exact) mass is 312 g/mol. The molecule has 1 spiro atoms. The lowest BCUT2D eigenvalue weighted by molar-refractivity contribution is -0.117. The summed E-state index contributed by atoms with van der Waals surface area (Å²) in [5.41, 5.74) is 1.10. The molecule has 4 heterocycles. The van der Waals surface area contributed by atoms with E-state index in [4.69, 9.17) is 4.42 Å². The van der Waals surface area contributed by atoms with Gasteiger partial charge < -0.3 is 14.2 Å². The van der Waals surface area contributed by atoms with Crippen LogP contribution in [0.2, 0.25) is 0 Å². The van der Waals surface area contributed by atoms with Gasteiger partial charge in [-0.05, 0) is 12.5 Å². The highest BCUT2D eigenvalue weighted by atomic mass is 16.3. The van der Waals surface area contributed by atoms with E-state index in [1.54, 1.807) is 23.4 Å². The quantitative estimate of drug-likeness (QED) is 0.836. The van der Waals surface area contributed by atoms with Crippen LogP contribution in [0.1, 0.15) is 23.2 Å². The number of carbonyl (C=O) groups excluding carboxylic acids is 2. The Morgan fingerprint density at radius 3 is 2.83 bits per heavy atom. The van der Waals surface area contributed by atoms with Crippen LogP contribution in [0.5, 0.6) is 0 Å². The molecule has 0 unspecified atom stereocenters. The average molecular weight is 312 g/mol. The van der Waals surface area contributed by atoms with Crippen LogP contribution in [-0.2, 0) is 4.79 Å². The van der Waals surface area contributed by atoms with Crippen molar-refractivity contribution in [3.63, 3.8) is 0 Å². The zero-order valence-corrected chi connectivity index (χ0v) is 12.5. The van der Waals surface area contributed by atoms with Crippen molar-refractivity contribution >= 4 is 17.5 Å². The Hall–Kier alpha value is -2.70. The fourth-order valence-electron chi connectivity index (χ4n) is 3.51. The Kier molecular flexibility index (Phi) is 3.14. The first-order valence-corrected chi connectivity index (χ1v) is 7.54. The van der Waals surface area contributed by atoms with Gasteiger partial charge in [0, 0.05) is 31.5 Å². The molecular weight excluding hydrogens is 296 g/mol. The number of hydrogen-bond donors (Lipinski definition) is 0. The highest BCUT2D eigenvalue weighted by Gasteiger charge is 2.49. The van der Waals surface area contributed by atoms with Gasteiger partial charge in [-0.2, -0.15) is 0 Å². The minimum absolute atomic E-state index is 0.0374. The van der Waals surface area contributed by atoms with Crippen LogP contribution < -0.4 is 4.90 Å². The van der Waals surface area contributed by atoms with Gasteiger partial charge in [0.1, 0.15) is 12.6 Å². The maximum atomic E-state index is 12.4. The number of nitrogens with zero attached hydrogens (tertiary/aromatic N) is 4. The molecule has 4 rings (SSSR count). The fraction of sp³-hybridized carbons (Fsp3) is 0.375. The number of likely N-dealkylation sites (tertiary alicyclic amines) is 1. The second-order valence-electron chi connectivity index (χ2n) is 6.24. The minimum atomic E-state index is -0.174. The Morgan fingerprint density at radius 1 is 1.26 bits per heavy atom. The molecule has 0 bridgehead atoms. The summed E-state index contributed by atoms with van der Waals surface area (Å²) in [6.07, 6.45) is 8.97. The van der Waals surface area contributed by atoms with Gasteiger partial charge >= 0.3 is 0 Å². The topological polar surface area (TPSA) is 79.5 Å². The first-order chi connectivity index (χ1) is 11.2. The molecule has 0 saturated carbocycles. The maximum absolute atomic E-state index is 12.4. The molecule has 2 amide bonds. The second-order valence-corrected chi connectivity index (χ2v) is 6.24. The number of furan rings is 1. The number of amides is 2. The molecule has 2 aliphatic heterocycles. The summed E-state index contributed by atoms with van der Waals surface area (Å²) in [6, 6.07) is 1.67. The van der Waals surface area contributed by atoms with Crippen LogP contribution in [-0.4, -0.2) is 46.3 Å². The molecule has 2 aliphatic rings. The summed E-state index contributed by atoms with van der Waals surface area (Å²) in [4.78, 5) is 36.3. The molecule has 0 radical (unpaired) electrons. The van der Waals surface area contributed by atoms with E-state index in [1.807, 2.05) is 4.90 Å². The minimum Gasteiger partial charge on any atom is -0.472 e. The standard InChI is InChI=1S/C16H16N4O3/c21-14-5-16(10-20(14)13-6-17-11-18-7-13)2-3-19(9-16)15(22)12-1-4-23-8-12/h1,4,6-8,11H,2-3,5,9-10H2/t16-/m0/s1. The van der Waals surface area contributed by atoms with Crippen molar-refractivity contribution < 1.29 is 14.0 Å². The SMILES string of the molecule is O=C(c1ccoc1)N1CC[C@]2(CC(=O)N(c3cncnc3)C2)C1. The van der Waals surface area contributed by atoms with Crippen molar-refractivity contribution in [2.45, 2.75) is 12.8 Å². The third-order valence-corrected chi connectivity index (χ3v) is 4.67. The summed E-state index contributed by atoms with van der Waals surface area (Å²) in [5, 5.41) is 0. The molecule has 1 atom stereocenters. The van der Waals surface area contributed by atoms with Crippen molar-refractivity contribution in [2.24, 2.45) is 5.41 Å². The van der Waals surface area contributed by atoms with Gasteiger partial charge in [-0.15, -0.1) is 0 Å². The van der Waals surface area contributed by atoms with Gasteiger partial charge in [0.25, 0.3) is 5.91 Å². The van der Waals surface area contributed by atoms with E-state index in [2.05, 4.69) is 9.97 Å². The zero-order chi connectivity index (χ0) is 15.9. The first kappa shape index (κ1) is 13.9. The molecule has 2 saturated heterocycles. The Balaban J connectivity index is 1.51. The van der Waals surface area contributed by atoms with Crippen LogP contribution in [0.15, 0.2) is 41.7 Å². The van der Waals surface area contributed by atoms with Crippen molar-refractivity contribution in [3.05, 3.63) is 42.9 Å². The molecule has 0 aromatic carbocycles. The van der Waals surface area contributed by atoms with E-state index >= 15 is 0 Å². The summed E-state index contributed by atoms with van der Waals surface area (Å²) >= 11 is 0. The lowest BCUT2D eigenvalue weighted by Crippen LogP contribution is -2.34. The Morgan fingerprint density at radius 2 is 2.09 bits per heavy atom. The molecule has 2 aromatic rings. The van der Waals surface area contributed by atoms with Crippen molar-refractivity contribution in [3.8, 4) is 0 Å². The molecule has 2 fully saturated rings. The zero-order valence-electron chi connectivity index (χ0n) is 12.5. The molecule has 0 N–H and O–H groups in total. The van der Waals surface area contributed by atoms with Crippen molar-refractivity contribution in [2.75, 3.05) is 24.5 Å². The van der Waals surface area contributed by atoms with E-state index in [1.165, 1.54) is 18.9 Å². The largest absolute Gasteiger partial charge is 0.472 e. The van der Waals surface area contributed by atoms with Crippen LogP contribution in [0.4, 0.5) is 5.69 Å². The van der Waals surface area contributed by atoms with Gasteiger partial charge in [0.2, 0.25) is 5.91 Å². The molecule has 7 heteroatoms. The third kappa shape index (κ3) is 2.38. The van der Waals surface area contributed by atoms with Gasteiger partial charge in [-0.3, -0.25) is 9.59 Å². The summed E-state index contributed by atoms with van der Waals surface area (Å²) in [6.45, 7) is 1.86. The van der Waals surface area contributed by atoms with Gasteiger partial charge in [0.05, 0.1) is 29.9 Å². The highest BCUT2D eigenvalue weighted by molar-refractivity contribution is 5.97. The Labute approximate surface area is 132 Å². The summed E-state index contributed by atoms with van der Waals surface area (Å²) < 4.78 is 4.98. The van der Waals surface area contributed by atoms with E-state index in [0.29, 0.717) is 37.3 Å². The highest BCUT2D eigenvalue weighted by Crippen LogP contribution is 2.41. The van der Waals surface area contributed by atoms with Gasteiger partial charge in [0.15, 0.2) is 0 Å². The lowest BCUT2D eigenvalue weighted by atomic mass is 9.86. The number of rotatable bonds is 2. The van der Waals surface area contributed by atoms with Gasteiger partial charge in [-0.1, -0.05) is 0 Å². The predicted octanol–water partition coefficient (Wildman–Crippen LogP) is 1.34. The fourth-order valence-corrected chi connectivity index (χ4v) is 3.51. The van der Waals surface area contributed by atoms with Crippen LogP contribution in [0.3, 0.4) is 0 Å². The second kappa shape index (κ2) is 5.19. The van der Waals surface area contributed by atoms with E-state index in [-0.39, 0.29) is 17.2 Å². The smallest absolute Gasteiger partial charge is 0.257 e. The third-order valence-electron chi connectivity index (χ3n) is 4.67. The predicted molar refractivity (Wildman–Crippen MR) is 80.7 cm³/mol. The molecule has 118 valence electrons. The molecular formula is C16H16N4O3. The van der Waals surface area contributed by atoms with Crippen LogP contribution in [0.25, 0.3) is 0 Å². The number of aromatic nitrogens is 2. The van der Waals surface area contributed by atoms with Crippen molar-refractivity contribution in [1.29, 1.82) is 0 Å². The molecule has 23 heavy (non-hydrogen) atoms. The number of anilines is 1. The molecule has 2 aromatic heterocycles. The number of carbonyl (C=O) groups is 2. The van der Waals surface area contributed by atoms with E-state index in [9.17, 15) is 9.59 Å². The summed E-state index contributed by atoms with van der Waals surface area (Å²) in [5.74, 6) is 0.0296. The summed E-state index contributed by atoms with van der Waals surface area (Å²) in [7, 11) is 0. The normalized spacial score (nSPS) is 23.9. The van der Waals surface area contributed by atoms with Crippen molar-refractivity contribution in [1.82, 2.24) is 14.9 Å². The number of hydrogen-bond acceptors (Lipinski definition) is 5. The lowest BCUT2D eigenvalue weighted by Gasteiger charge is -2.23. The van der Waals surface area contributed by atoms with E-state index < -0.39 is 0 Å². The average Bonchev–Trinajstić information content (AvgIpc) is 3.29. The molecule has 7 nitrogen and oxygen atoms in total. The maximum Gasteiger partial charge on any atom is 0.257 e. The van der Waals surface area contributed by atoms with Crippen LogP contribution in [0, 0.1) is 5.41 Å². The van der Waals surface area contributed by atoms with Crippen LogP contribution >= 0.6 is 0 Å². The molecule has 0 aliphatic carbocycles. The Bertz CT molecular complexity index is 731. The first-order valence-electron chi connectivity index (χ1n) is 7.54. The van der Waals surface area contributed by atoms with Gasteiger partial charge in [-0.25, -0.2) is 9.97 Å².